The first-order valence-corrected chi connectivity index (χ1v) is 7.94. The molecule has 0 spiro atoms. The number of carbonyl (C=O) groups is 2. The highest BCUT2D eigenvalue weighted by atomic mass is 16.6. The Kier molecular flexibility index (Phi) is 10.0. The number of hydrogen-bond acceptors (Lipinski definition) is 4. The van der Waals surface area contributed by atoms with Crippen LogP contribution in [0, 0.1) is 5.92 Å². The molecule has 1 amide bonds. The first-order valence-electron chi connectivity index (χ1n) is 7.94. The number of amides is 1. The lowest BCUT2D eigenvalue weighted by atomic mass is 10.1. The van der Waals surface area contributed by atoms with Crippen LogP contribution in [0.25, 0.3) is 0 Å². The maximum Gasteiger partial charge on any atom is 0.335 e. The Balaban J connectivity index is 4.14. The van der Waals surface area contributed by atoms with E-state index in [1.165, 1.54) is 0 Å². The molecule has 0 aromatic carbocycles. The van der Waals surface area contributed by atoms with E-state index in [1.807, 2.05) is 13.8 Å². The van der Waals surface area contributed by atoms with Crippen LogP contribution in [0.1, 0.15) is 60.8 Å². The lowest BCUT2D eigenvalue weighted by Crippen LogP contribution is -2.42. The normalized spacial score (nSPS) is 14.1. The fourth-order valence-corrected chi connectivity index (χ4v) is 1.68. The molecule has 5 heteroatoms. The summed E-state index contributed by atoms with van der Waals surface area (Å²) < 4.78 is 10.6. The Morgan fingerprint density at radius 2 is 1.57 bits per heavy atom. The van der Waals surface area contributed by atoms with Gasteiger partial charge in [-0.2, -0.15) is 0 Å². The fraction of sp³-hybridized carbons (Fsp3) is 0.875. The van der Waals surface area contributed by atoms with Crippen LogP contribution in [0.15, 0.2) is 0 Å². The molecule has 0 heterocycles. The fourth-order valence-electron chi connectivity index (χ4n) is 1.68. The van der Waals surface area contributed by atoms with E-state index in [2.05, 4.69) is 19.2 Å². The molecule has 5 nitrogen and oxygen atoms in total. The number of ether oxygens (including phenoxy) is 2. The van der Waals surface area contributed by atoms with Gasteiger partial charge < -0.3 is 14.8 Å². The number of rotatable bonds is 10. The molecule has 0 rings (SSSR count). The summed E-state index contributed by atoms with van der Waals surface area (Å²) in [4.78, 5) is 23.7. The SMILES string of the molecule is CCC(CC)NC(=O)C(C)OC(=O)C(C)OCCC(C)C. The Morgan fingerprint density at radius 3 is 2.05 bits per heavy atom. The predicted octanol–water partition coefficient (Wildman–Crippen LogP) is 2.67. The average molecular weight is 301 g/mol. The molecule has 21 heavy (non-hydrogen) atoms. The lowest BCUT2D eigenvalue weighted by Gasteiger charge is -2.20. The minimum Gasteiger partial charge on any atom is -0.451 e. The number of esters is 1. The van der Waals surface area contributed by atoms with Gasteiger partial charge in [0.05, 0.1) is 0 Å². The van der Waals surface area contributed by atoms with Crippen molar-refractivity contribution in [1.82, 2.24) is 5.32 Å². The number of nitrogens with one attached hydrogen (secondary N) is 1. The van der Waals surface area contributed by atoms with E-state index < -0.39 is 18.2 Å². The third kappa shape index (κ3) is 8.71. The van der Waals surface area contributed by atoms with Crippen molar-refractivity contribution in [2.24, 2.45) is 5.92 Å². The molecule has 0 aromatic heterocycles. The lowest BCUT2D eigenvalue weighted by molar-refractivity contribution is -0.165. The van der Waals surface area contributed by atoms with Gasteiger partial charge in [0.25, 0.3) is 5.91 Å². The summed E-state index contributed by atoms with van der Waals surface area (Å²) in [5.74, 6) is -0.227. The van der Waals surface area contributed by atoms with E-state index in [0.717, 1.165) is 19.3 Å². The van der Waals surface area contributed by atoms with Crippen molar-refractivity contribution in [3.63, 3.8) is 0 Å². The molecular weight excluding hydrogens is 270 g/mol. The highest BCUT2D eigenvalue weighted by molar-refractivity contribution is 5.84. The molecule has 2 atom stereocenters. The predicted molar refractivity (Wildman–Crippen MR) is 82.9 cm³/mol. The molecular formula is C16H31NO4. The summed E-state index contributed by atoms with van der Waals surface area (Å²) in [7, 11) is 0. The molecule has 0 saturated heterocycles. The Labute approximate surface area is 128 Å². The van der Waals surface area contributed by atoms with Crippen molar-refractivity contribution >= 4 is 11.9 Å². The number of carbonyl (C=O) groups excluding carboxylic acids is 2. The quantitative estimate of drug-likeness (QED) is 0.630. The van der Waals surface area contributed by atoms with E-state index in [1.54, 1.807) is 13.8 Å². The van der Waals surface area contributed by atoms with Gasteiger partial charge in [-0.1, -0.05) is 27.7 Å². The second kappa shape index (κ2) is 10.6. The van der Waals surface area contributed by atoms with Crippen LogP contribution < -0.4 is 5.32 Å². The van der Waals surface area contributed by atoms with Crippen LogP contribution in [-0.4, -0.2) is 36.7 Å². The van der Waals surface area contributed by atoms with Crippen molar-refractivity contribution in [2.75, 3.05) is 6.61 Å². The zero-order valence-corrected chi connectivity index (χ0v) is 14.3. The Morgan fingerprint density at radius 1 is 1.00 bits per heavy atom. The zero-order valence-electron chi connectivity index (χ0n) is 14.3. The molecule has 0 aliphatic rings. The van der Waals surface area contributed by atoms with Crippen LogP contribution >= 0.6 is 0 Å². The summed E-state index contributed by atoms with van der Waals surface area (Å²) in [6, 6.07) is 0.123. The molecule has 2 unspecified atom stereocenters. The maximum atomic E-state index is 11.9. The van der Waals surface area contributed by atoms with Gasteiger partial charge in [-0.25, -0.2) is 4.79 Å². The van der Waals surface area contributed by atoms with Gasteiger partial charge in [0, 0.05) is 12.6 Å². The van der Waals surface area contributed by atoms with Crippen LogP contribution in [0.4, 0.5) is 0 Å². The molecule has 124 valence electrons. The molecule has 0 bridgehead atoms. The van der Waals surface area contributed by atoms with Crippen molar-refractivity contribution < 1.29 is 19.1 Å². The summed E-state index contributed by atoms with van der Waals surface area (Å²) in [6.07, 6.45) is 1.17. The van der Waals surface area contributed by atoms with Gasteiger partial charge in [0.15, 0.2) is 12.2 Å². The van der Waals surface area contributed by atoms with Crippen LogP contribution in [0.2, 0.25) is 0 Å². The Hall–Kier alpha value is -1.10. The van der Waals surface area contributed by atoms with Gasteiger partial charge in [0.1, 0.15) is 0 Å². The zero-order chi connectivity index (χ0) is 16.4. The summed E-state index contributed by atoms with van der Waals surface area (Å²) in [6.45, 7) is 12.0. The van der Waals surface area contributed by atoms with E-state index in [0.29, 0.717) is 12.5 Å². The van der Waals surface area contributed by atoms with E-state index in [-0.39, 0.29) is 11.9 Å². The maximum absolute atomic E-state index is 11.9. The standard InChI is InChI=1S/C16H31NO4/c1-7-14(8-2)17-15(18)12(5)21-16(19)13(6)20-10-9-11(3)4/h11-14H,7-10H2,1-6H3,(H,17,18). The van der Waals surface area contributed by atoms with E-state index in [4.69, 9.17) is 9.47 Å². The molecule has 0 fully saturated rings. The third-order valence-corrected chi connectivity index (χ3v) is 3.39. The second-order valence-corrected chi connectivity index (χ2v) is 5.80. The number of hydrogen-bond donors (Lipinski definition) is 1. The van der Waals surface area contributed by atoms with Crippen molar-refractivity contribution in [3.05, 3.63) is 0 Å². The molecule has 0 radical (unpaired) electrons. The van der Waals surface area contributed by atoms with Crippen LogP contribution in [0.3, 0.4) is 0 Å². The minimum atomic E-state index is -0.797. The third-order valence-electron chi connectivity index (χ3n) is 3.39. The highest BCUT2D eigenvalue weighted by Gasteiger charge is 2.23. The average Bonchev–Trinajstić information content (AvgIpc) is 2.43. The van der Waals surface area contributed by atoms with Crippen molar-refractivity contribution in [2.45, 2.75) is 79.1 Å². The van der Waals surface area contributed by atoms with Gasteiger partial charge in [-0.05, 0) is 39.0 Å². The van der Waals surface area contributed by atoms with Gasteiger partial charge in [0.2, 0.25) is 0 Å². The smallest absolute Gasteiger partial charge is 0.335 e. The summed E-state index contributed by atoms with van der Waals surface area (Å²) in [5, 5.41) is 2.86. The Bertz CT molecular complexity index is 313. The van der Waals surface area contributed by atoms with Gasteiger partial charge in [-0.3, -0.25) is 4.79 Å². The summed E-state index contributed by atoms with van der Waals surface area (Å²) in [5.41, 5.74) is 0. The molecule has 0 aromatic rings. The molecule has 0 aliphatic carbocycles. The first kappa shape index (κ1) is 19.9. The minimum absolute atomic E-state index is 0.123. The topological polar surface area (TPSA) is 64.6 Å². The highest BCUT2D eigenvalue weighted by Crippen LogP contribution is 2.05. The van der Waals surface area contributed by atoms with Crippen LogP contribution in [0.5, 0.6) is 0 Å². The largest absolute Gasteiger partial charge is 0.451 e. The molecule has 0 saturated carbocycles. The van der Waals surface area contributed by atoms with Crippen molar-refractivity contribution in [3.8, 4) is 0 Å². The van der Waals surface area contributed by atoms with E-state index in [9.17, 15) is 9.59 Å². The second-order valence-electron chi connectivity index (χ2n) is 5.80. The molecule has 1 N–H and O–H groups in total. The first-order chi connectivity index (χ1) is 9.81. The van der Waals surface area contributed by atoms with Gasteiger partial charge >= 0.3 is 5.97 Å². The van der Waals surface area contributed by atoms with Crippen molar-refractivity contribution in [1.29, 1.82) is 0 Å². The summed E-state index contributed by atoms with van der Waals surface area (Å²) >= 11 is 0. The van der Waals surface area contributed by atoms with E-state index >= 15 is 0 Å². The molecule has 0 aliphatic heterocycles. The van der Waals surface area contributed by atoms with Crippen LogP contribution in [-0.2, 0) is 19.1 Å². The van der Waals surface area contributed by atoms with Gasteiger partial charge in [-0.15, -0.1) is 0 Å². The monoisotopic (exact) mass is 301 g/mol.